The van der Waals surface area contributed by atoms with Gasteiger partial charge in [0.2, 0.25) is 0 Å². The van der Waals surface area contributed by atoms with Crippen LogP contribution in [-0.4, -0.2) is 12.9 Å². The molecule has 0 aliphatic heterocycles. The van der Waals surface area contributed by atoms with Gasteiger partial charge in [0.1, 0.15) is 5.75 Å². The van der Waals surface area contributed by atoms with Crippen LogP contribution in [-0.2, 0) is 6.42 Å². The van der Waals surface area contributed by atoms with Crippen molar-refractivity contribution >= 4 is 5.78 Å². The van der Waals surface area contributed by atoms with E-state index in [1.165, 1.54) is 5.56 Å². The van der Waals surface area contributed by atoms with Gasteiger partial charge in [0.05, 0.1) is 7.11 Å². The van der Waals surface area contributed by atoms with Crippen molar-refractivity contribution in [2.75, 3.05) is 7.11 Å². The number of rotatable bonds is 7. The minimum atomic E-state index is -0.119. The first-order valence-electron chi connectivity index (χ1n) is 8.96. The molecule has 2 nitrogen and oxygen atoms in total. The largest absolute Gasteiger partial charge is 0.497 e. The molecule has 0 spiro atoms. The fourth-order valence-electron chi connectivity index (χ4n) is 3.35. The molecule has 3 aromatic rings. The van der Waals surface area contributed by atoms with Crippen LogP contribution >= 0.6 is 0 Å². The normalized spacial score (nSPS) is 13.0. The Labute approximate surface area is 155 Å². The summed E-state index contributed by atoms with van der Waals surface area (Å²) in [4.78, 5) is 13.0. The van der Waals surface area contributed by atoms with Crippen LogP contribution in [0.5, 0.6) is 5.75 Å². The van der Waals surface area contributed by atoms with Crippen molar-refractivity contribution < 1.29 is 9.53 Å². The first kappa shape index (κ1) is 17.9. The first-order valence-corrected chi connectivity index (χ1v) is 8.96. The molecular formula is C24H24O2. The average molecular weight is 344 g/mol. The van der Waals surface area contributed by atoms with Crippen molar-refractivity contribution in [2.45, 2.75) is 19.3 Å². The van der Waals surface area contributed by atoms with Crippen LogP contribution in [0.1, 0.15) is 34.3 Å². The van der Waals surface area contributed by atoms with Gasteiger partial charge in [-0.1, -0.05) is 79.7 Å². The molecule has 0 heterocycles. The summed E-state index contributed by atoms with van der Waals surface area (Å²) in [5, 5.41) is 0. The smallest absolute Gasteiger partial charge is 0.166 e. The second-order valence-corrected chi connectivity index (χ2v) is 6.59. The van der Waals surface area contributed by atoms with E-state index >= 15 is 0 Å². The number of hydrogen-bond acceptors (Lipinski definition) is 2. The van der Waals surface area contributed by atoms with Crippen molar-refractivity contribution in [1.82, 2.24) is 0 Å². The molecule has 0 amide bonds. The lowest BCUT2D eigenvalue weighted by Gasteiger charge is -2.24. The van der Waals surface area contributed by atoms with E-state index < -0.39 is 0 Å². The van der Waals surface area contributed by atoms with Gasteiger partial charge in [-0.2, -0.15) is 0 Å². The molecule has 3 aromatic carbocycles. The highest BCUT2D eigenvalue weighted by Gasteiger charge is 2.26. The van der Waals surface area contributed by atoms with E-state index in [0.29, 0.717) is 0 Å². The number of carbonyl (C=O) groups excluding carboxylic acids is 1. The van der Waals surface area contributed by atoms with Crippen LogP contribution in [0.3, 0.4) is 0 Å². The number of methoxy groups -OCH3 is 1. The summed E-state index contributed by atoms with van der Waals surface area (Å²) in [5.74, 6) is 0.999. The Kier molecular flexibility index (Phi) is 5.85. The highest BCUT2D eigenvalue weighted by molar-refractivity contribution is 5.98. The Hall–Kier alpha value is -2.87. The second-order valence-electron chi connectivity index (χ2n) is 6.59. The van der Waals surface area contributed by atoms with Gasteiger partial charge in [0, 0.05) is 11.5 Å². The Balaban J connectivity index is 1.92. The molecular weight excluding hydrogens is 320 g/mol. The van der Waals surface area contributed by atoms with E-state index in [4.69, 9.17) is 4.74 Å². The summed E-state index contributed by atoms with van der Waals surface area (Å²) in [6.45, 7) is 2.03. The summed E-state index contributed by atoms with van der Waals surface area (Å²) in [7, 11) is 1.66. The van der Waals surface area contributed by atoms with Crippen molar-refractivity contribution in [3.63, 3.8) is 0 Å². The van der Waals surface area contributed by atoms with Gasteiger partial charge in [-0.05, 0) is 35.6 Å². The highest BCUT2D eigenvalue weighted by atomic mass is 16.5. The lowest BCUT2D eigenvalue weighted by molar-refractivity contribution is 0.0911. The molecule has 0 bridgehead atoms. The van der Waals surface area contributed by atoms with Crippen molar-refractivity contribution in [2.24, 2.45) is 5.92 Å². The van der Waals surface area contributed by atoms with Gasteiger partial charge in [-0.15, -0.1) is 0 Å². The van der Waals surface area contributed by atoms with E-state index in [-0.39, 0.29) is 17.6 Å². The summed E-state index contributed by atoms with van der Waals surface area (Å²) in [6.07, 6.45) is 0.826. The topological polar surface area (TPSA) is 26.3 Å². The van der Waals surface area contributed by atoms with Gasteiger partial charge in [0.25, 0.3) is 0 Å². The standard InChI is InChI=1S/C24H24O2/c1-18(24(25)21-11-7-4-8-12-21)23(17-19-9-5-3-6-10-19)20-13-15-22(26-2)16-14-20/h3-16,18,23H,17H2,1-2H3/t18-,23-/m1/s1. The highest BCUT2D eigenvalue weighted by Crippen LogP contribution is 2.32. The van der Waals surface area contributed by atoms with E-state index in [9.17, 15) is 4.79 Å². The van der Waals surface area contributed by atoms with E-state index in [0.717, 1.165) is 23.3 Å². The molecule has 0 fully saturated rings. The third-order valence-corrected chi connectivity index (χ3v) is 4.92. The summed E-state index contributed by atoms with van der Waals surface area (Å²) >= 11 is 0. The zero-order chi connectivity index (χ0) is 18.4. The van der Waals surface area contributed by atoms with Crippen LogP contribution in [0.4, 0.5) is 0 Å². The molecule has 0 saturated carbocycles. The fourth-order valence-corrected chi connectivity index (χ4v) is 3.35. The number of carbonyl (C=O) groups is 1. The number of hydrogen-bond donors (Lipinski definition) is 0. The van der Waals surface area contributed by atoms with Crippen molar-refractivity contribution in [1.29, 1.82) is 0 Å². The summed E-state index contributed by atoms with van der Waals surface area (Å²) < 4.78 is 5.28. The first-order chi connectivity index (χ1) is 12.7. The van der Waals surface area contributed by atoms with E-state index in [2.05, 4.69) is 24.3 Å². The molecule has 0 aromatic heterocycles. The minimum absolute atomic E-state index is 0.107. The number of ether oxygens (including phenoxy) is 1. The molecule has 0 radical (unpaired) electrons. The molecule has 0 unspecified atom stereocenters. The second kappa shape index (κ2) is 8.48. The monoisotopic (exact) mass is 344 g/mol. The zero-order valence-corrected chi connectivity index (χ0v) is 15.3. The van der Waals surface area contributed by atoms with Crippen LogP contribution < -0.4 is 4.74 Å². The predicted octanol–water partition coefficient (Wildman–Crippen LogP) is 5.54. The molecule has 3 rings (SSSR count). The Morgan fingerprint density at radius 2 is 1.42 bits per heavy atom. The lowest BCUT2D eigenvalue weighted by atomic mass is 9.79. The molecule has 26 heavy (non-hydrogen) atoms. The lowest BCUT2D eigenvalue weighted by Crippen LogP contribution is -2.21. The zero-order valence-electron chi connectivity index (χ0n) is 15.3. The molecule has 2 heteroatoms. The van der Waals surface area contributed by atoms with Crippen LogP contribution in [0.25, 0.3) is 0 Å². The minimum Gasteiger partial charge on any atom is -0.497 e. The summed E-state index contributed by atoms with van der Waals surface area (Å²) in [5.41, 5.74) is 3.17. The van der Waals surface area contributed by atoms with Crippen molar-refractivity contribution in [3.8, 4) is 5.75 Å². The SMILES string of the molecule is COc1ccc([C@H](Cc2ccccc2)[C@@H](C)C(=O)c2ccccc2)cc1. The van der Waals surface area contributed by atoms with E-state index in [1.54, 1.807) is 7.11 Å². The quantitative estimate of drug-likeness (QED) is 0.526. The van der Waals surface area contributed by atoms with Crippen molar-refractivity contribution in [3.05, 3.63) is 102 Å². The maximum Gasteiger partial charge on any atom is 0.166 e. The third kappa shape index (κ3) is 4.20. The van der Waals surface area contributed by atoms with E-state index in [1.807, 2.05) is 67.6 Å². The van der Waals surface area contributed by atoms with Gasteiger partial charge >= 0.3 is 0 Å². The van der Waals surface area contributed by atoms with Crippen LogP contribution in [0.15, 0.2) is 84.9 Å². The summed E-state index contributed by atoms with van der Waals surface area (Å²) in [6, 6.07) is 28.0. The number of ketones is 1. The molecule has 0 aliphatic carbocycles. The van der Waals surface area contributed by atoms with Gasteiger partial charge in [-0.3, -0.25) is 4.79 Å². The fraction of sp³-hybridized carbons (Fsp3) is 0.208. The Morgan fingerprint density at radius 3 is 2.00 bits per heavy atom. The van der Waals surface area contributed by atoms with Crippen LogP contribution in [0.2, 0.25) is 0 Å². The van der Waals surface area contributed by atoms with Crippen LogP contribution in [0, 0.1) is 5.92 Å². The third-order valence-electron chi connectivity index (χ3n) is 4.92. The Morgan fingerprint density at radius 1 is 0.846 bits per heavy atom. The maximum absolute atomic E-state index is 13.0. The Bertz CT molecular complexity index is 823. The van der Waals surface area contributed by atoms with Gasteiger partial charge < -0.3 is 4.74 Å². The predicted molar refractivity (Wildman–Crippen MR) is 106 cm³/mol. The van der Waals surface area contributed by atoms with Gasteiger partial charge in [0.15, 0.2) is 5.78 Å². The van der Waals surface area contributed by atoms with Gasteiger partial charge in [-0.25, -0.2) is 0 Å². The average Bonchev–Trinajstić information content (AvgIpc) is 2.72. The molecule has 0 saturated heterocycles. The molecule has 2 atom stereocenters. The molecule has 0 N–H and O–H groups in total. The maximum atomic E-state index is 13.0. The number of benzene rings is 3. The number of Topliss-reactive ketones (excluding diaryl/α,β-unsaturated/α-hetero) is 1. The molecule has 0 aliphatic rings. The molecule has 132 valence electrons.